The molecule has 2 atom stereocenters. The molecule has 0 amide bonds. The minimum absolute atomic E-state index is 0.103. The first-order chi connectivity index (χ1) is 17.9. The van der Waals surface area contributed by atoms with Crippen LogP contribution < -0.4 is 0 Å². The molecule has 210 valence electrons. The molecule has 0 bridgehead atoms. The molecule has 0 N–H and O–H groups in total. The molecule has 37 heavy (non-hydrogen) atoms. The molecule has 0 fully saturated rings. The summed E-state index contributed by atoms with van der Waals surface area (Å²) in [7, 11) is 0. The second-order valence-corrected chi connectivity index (χ2v) is 10.0. The molecule has 0 unspecified atom stereocenters. The summed E-state index contributed by atoms with van der Waals surface area (Å²) in [5.41, 5.74) is 0.843. The molecule has 0 saturated carbocycles. The van der Waals surface area contributed by atoms with Crippen LogP contribution in [-0.4, -0.2) is 30.1 Å². The van der Waals surface area contributed by atoms with Crippen LogP contribution in [-0.2, 0) is 35.2 Å². The van der Waals surface area contributed by atoms with Gasteiger partial charge in [-0.05, 0) is 25.8 Å². The summed E-state index contributed by atoms with van der Waals surface area (Å²) in [5, 5.41) is 0. The predicted molar refractivity (Wildman–Crippen MR) is 147 cm³/mol. The van der Waals surface area contributed by atoms with Crippen molar-refractivity contribution >= 4 is 17.9 Å². The number of carbonyl (C=O) groups is 3. The van der Waals surface area contributed by atoms with Crippen LogP contribution in [0.15, 0.2) is 30.3 Å². The van der Waals surface area contributed by atoms with Crippen LogP contribution in [0.1, 0.15) is 129 Å². The van der Waals surface area contributed by atoms with Gasteiger partial charge in [-0.15, -0.1) is 0 Å². The Morgan fingerprint density at radius 3 is 1.59 bits per heavy atom. The van der Waals surface area contributed by atoms with Crippen molar-refractivity contribution in [2.75, 3.05) is 0 Å². The number of unbranched alkanes of at least 4 members (excludes halogenated alkanes) is 14. The van der Waals surface area contributed by atoms with E-state index < -0.39 is 30.1 Å². The van der Waals surface area contributed by atoms with Crippen LogP contribution in [0.5, 0.6) is 0 Å². The summed E-state index contributed by atoms with van der Waals surface area (Å²) in [6.07, 6.45) is 17.1. The van der Waals surface area contributed by atoms with Gasteiger partial charge in [0.2, 0.25) is 0 Å². The topological polar surface area (TPSA) is 78.9 Å². The molecule has 1 rings (SSSR count). The van der Waals surface area contributed by atoms with E-state index in [1.165, 1.54) is 90.9 Å². The summed E-state index contributed by atoms with van der Waals surface area (Å²) in [5.74, 6) is -1.82. The molecule has 0 heterocycles. The molecule has 0 aliphatic heterocycles. The Hall–Kier alpha value is -2.37. The first-order valence-electron chi connectivity index (χ1n) is 14.5. The Labute approximate surface area is 224 Å². The average molecular weight is 519 g/mol. The SMILES string of the molecule is CCCCCCCCCCCCCCCCCC(=O)O[C@@H](C)C(=O)O[C@H](C)C(=O)OCc1ccccc1. The molecule has 0 saturated heterocycles. The summed E-state index contributed by atoms with van der Waals surface area (Å²) < 4.78 is 15.4. The van der Waals surface area contributed by atoms with Gasteiger partial charge >= 0.3 is 17.9 Å². The second-order valence-electron chi connectivity index (χ2n) is 10.0. The fourth-order valence-electron chi connectivity index (χ4n) is 4.11. The van der Waals surface area contributed by atoms with Crippen molar-refractivity contribution in [1.82, 2.24) is 0 Å². The maximum absolute atomic E-state index is 12.2. The lowest BCUT2D eigenvalue weighted by Crippen LogP contribution is -2.33. The van der Waals surface area contributed by atoms with E-state index in [2.05, 4.69) is 6.92 Å². The van der Waals surface area contributed by atoms with Gasteiger partial charge in [0, 0.05) is 6.42 Å². The molecule has 0 aromatic heterocycles. The zero-order chi connectivity index (χ0) is 27.1. The lowest BCUT2D eigenvalue weighted by molar-refractivity contribution is -0.177. The van der Waals surface area contributed by atoms with E-state index in [0.717, 1.165) is 24.8 Å². The predicted octanol–water partition coefficient (Wildman–Crippen LogP) is 7.85. The number of ether oxygens (including phenoxy) is 3. The van der Waals surface area contributed by atoms with Gasteiger partial charge in [-0.25, -0.2) is 9.59 Å². The fourth-order valence-corrected chi connectivity index (χ4v) is 4.11. The van der Waals surface area contributed by atoms with Crippen molar-refractivity contribution in [3.63, 3.8) is 0 Å². The summed E-state index contributed by atoms with van der Waals surface area (Å²) in [6, 6.07) is 9.25. The van der Waals surface area contributed by atoms with Crippen molar-refractivity contribution in [2.24, 2.45) is 0 Å². The highest BCUT2D eigenvalue weighted by atomic mass is 16.6. The highest BCUT2D eigenvalue weighted by Crippen LogP contribution is 2.14. The van der Waals surface area contributed by atoms with Gasteiger partial charge in [0.25, 0.3) is 0 Å². The van der Waals surface area contributed by atoms with E-state index in [4.69, 9.17) is 14.2 Å². The van der Waals surface area contributed by atoms with E-state index in [1.54, 1.807) is 0 Å². The molecule has 1 aromatic rings. The van der Waals surface area contributed by atoms with E-state index in [0.29, 0.717) is 0 Å². The van der Waals surface area contributed by atoms with Crippen molar-refractivity contribution in [3.05, 3.63) is 35.9 Å². The van der Waals surface area contributed by atoms with Gasteiger partial charge in [-0.2, -0.15) is 0 Å². The Morgan fingerprint density at radius 2 is 1.08 bits per heavy atom. The number of hydrogen-bond acceptors (Lipinski definition) is 6. The van der Waals surface area contributed by atoms with Gasteiger partial charge < -0.3 is 14.2 Å². The van der Waals surface area contributed by atoms with Crippen LogP contribution in [0.3, 0.4) is 0 Å². The number of esters is 3. The lowest BCUT2D eigenvalue weighted by atomic mass is 10.0. The van der Waals surface area contributed by atoms with Crippen LogP contribution in [0, 0.1) is 0 Å². The van der Waals surface area contributed by atoms with Gasteiger partial charge in [0.05, 0.1) is 0 Å². The minimum atomic E-state index is -1.08. The first-order valence-corrected chi connectivity index (χ1v) is 14.5. The molecule has 6 nitrogen and oxygen atoms in total. The van der Waals surface area contributed by atoms with E-state index in [-0.39, 0.29) is 13.0 Å². The largest absolute Gasteiger partial charge is 0.458 e. The highest BCUT2D eigenvalue weighted by molar-refractivity contribution is 5.82. The standard InChI is InChI=1S/C31H50O6/c1-4-5-6-7-8-9-10-11-12-13-14-15-16-17-21-24-29(32)36-27(3)31(34)37-26(2)30(33)35-25-28-22-19-18-20-23-28/h18-20,22-23,26-27H,4-17,21,24-25H2,1-3H3/t26-,27+/m1/s1. The van der Waals surface area contributed by atoms with Crippen LogP contribution >= 0.6 is 0 Å². The normalized spacial score (nSPS) is 12.5. The molecule has 0 aliphatic rings. The fraction of sp³-hybridized carbons (Fsp3) is 0.710. The highest BCUT2D eigenvalue weighted by Gasteiger charge is 2.25. The quantitative estimate of drug-likeness (QED) is 0.0883. The summed E-state index contributed by atoms with van der Waals surface area (Å²) in [4.78, 5) is 36.3. The maximum Gasteiger partial charge on any atom is 0.347 e. The third-order valence-electron chi connectivity index (χ3n) is 6.47. The van der Waals surface area contributed by atoms with Gasteiger partial charge in [0.15, 0.2) is 12.2 Å². The number of rotatable bonds is 22. The lowest BCUT2D eigenvalue weighted by Gasteiger charge is -2.16. The van der Waals surface area contributed by atoms with Crippen molar-refractivity contribution in [1.29, 1.82) is 0 Å². The smallest absolute Gasteiger partial charge is 0.347 e. The monoisotopic (exact) mass is 518 g/mol. The molecule has 6 heteroatoms. The first kappa shape index (κ1) is 32.7. The summed E-state index contributed by atoms with van der Waals surface area (Å²) in [6.45, 7) is 5.25. The van der Waals surface area contributed by atoms with Crippen molar-refractivity contribution in [3.8, 4) is 0 Å². The second kappa shape index (κ2) is 21.7. The molecule has 1 aromatic carbocycles. The molecular weight excluding hydrogens is 468 g/mol. The van der Waals surface area contributed by atoms with Crippen LogP contribution in [0.25, 0.3) is 0 Å². The maximum atomic E-state index is 12.2. The van der Waals surface area contributed by atoms with Crippen molar-refractivity contribution < 1.29 is 28.6 Å². The molecular formula is C31H50O6. The van der Waals surface area contributed by atoms with Crippen LogP contribution in [0.2, 0.25) is 0 Å². The zero-order valence-corrected chi connectivity index (χ0v) is 23.5. The van der Waals surface area contributed by atoms with Gasteiger partial charge in [0.1, 0.15) is 6.61 Å². The number of carbonyl (C=O) groups excluding carboxylic acids is 3. The van der Waals surface area contributed by atoms with Crippen molar-refractivity contribution in [2.45, 2.75) is 142 Å². The third kappa shape index (κ3) is 17.7. The molecule has 0 spiro atoms. The number of benzene rings is 1. The zero-order valence-electron chi connectivity index (χ0n) is 23.5. The van der Waals surface area contributed by atoms with Crippen LogP contribution in [0.4, 0.5) is 0 Å². The minimum Gasteiger partial charge on any atom is -0.458 e. The van der Waals surface area contributed by atoms with Gasteiger partial charge in [-0.1, -0.05) is 127 Å². The third-order valence-corrected chi connectivity index (χ3v) is 6.47. The van der Waals surface area contributed by atoms with E-state index in [9.17, 15) is 14.4 Å². The number of hydrogen-bond donors (Lipinski definition) is 0. The van der Waals surface area contributed by atoms with Gasteiger partial charge in [-0.3, -0.25) is 4.79 Å². The Kier molecular flexibility index (Phi) is 19.1. The summed E-state index contributed by atoms with van der Waals surface area (Å²) >= 11 is 0. The molecule has 0 radical (unpaired) electrons. The van der Waals surface area contributed by atoms with E-state index in [1.807, 2.05) is 30.3 Å². The Morgan fingerprint density at radius 1 is 0.622 bits per heavy atom. The molecule has 0 aliphatic carbocycles. The Balaban J connectivity index is 1.99. The average Bonchev–Trinajstić information content (AvgIpc) is 2.89. The van der Waals surface area contributed by atoms with E-state index >= 15 is 0 Å². The Bertz CT molecular complexity index is 732.